The van der Waals surface area contributed by atoms with E-state index < -0.39 is 5.89 Å². The van der Waals surface area contributed by atoms with Crippen LogP contribution in [0.3, 0.4) is 0 Å². The van der Waals surface area contributed by atoms with Crippen molar-refractivity contribution in [2.45, 2.75) is 19.7 Å². The predicted octanol–water partition coefficient (Wildman–Crippen LogP) is 2.68. The number of rotatable bonds is 1. The summed E-state index contributed by atoms with van der Waals surface area (Å²) in [6.45, 7) is 3.66. The van der Waals surface area contributed by atoms with Crippen molar-refractivity contribution in [2.75, 3.05) is 0 Å². The average molecular weight is 146 g/mol. The molecule has 0 heterocycles. The first kappa shape index (κ1) is 6.42. The molecule has 11 heavy (non-hydrogen) atoms. The molecule has 1 nitrogen and oxygen atoms in total. The van der Waals surface area contributed by atoms with Gasteiger partial charge < -0.3 is 0 Å². The van der Waals surface area contributed by atoms with Crippen molar-refractivity contribution in [3.8, 4) is 6.07 Å². The molecule has 0 saturated carbocycles. The van der Waals surface area contributed by atoms with E-state index in [1.807, 2.05) is 32.0 Å². The van der Waals surface area contributed by atoms with E-state index in [-0.39, 0.29) is 0 Å². The van der Waals surface area contributed by atoms with Crippen LogP contribution in [0, 0.1) is 11.3 Å². The Morgan fingerprint density at radius 1 is 1.36 bits per heavy atom. The van der Waals surface area contributed by atoms with Gasteiger partial charge in [0.05, 0.1) is 11.6 Å². The Balaban J connectivity index is 3.02. The van der Waals surface area contributed by atoms with Crippen LogP contribution in [0.2, 0.25) is 0 Å². The van der Waals surface area contributed by atoms with Crippen LogP contribution in [0.4, 0.5) is 0 Å². The minimum Gasteiger partial charge on any atom is -0.192 e. The third-order valence-electron chi connectivity index (χ3n) is 1.59. The van der Waals surface area contributed by atoms with Gasteiger partial charge in [-0.25, -0.2) is 0 Å². The van der Waals surface area contributed by atoms with Crippen LogP contribution in [0.25, 0.3) is 0 Å². The van der Waals surface area contributed by atoms with Gasteiger partial charge in [0.1, 0.15) is 0 Å². The Bertz CT molecular complexity index is 300. The predicted molar refractivity (Wildman–Crippen MR) is 45.2 cm³/mol. The summed E-state index contributed by atoms with van der Waals surface area (Å²) in [6.07, 6.45) is 0. The molecule has 0 spiro atoms. The minimum atomic E-state index is -0.575. The number of hydrogen-bond donors (Lipinski definition) is 0. The van der Waals surface area contributed by atoms with Crippen molar-refractivity contribution in [1.29, 1.82) is 5.26 Å². The van der Waals surface area contributed by atoms with Gasteiger partial charge in [0.25, 0.3) is 0 Å². The molecule has 0 aliphatic carbocycles. The van der Waals surface area contributed by atoms with Crippen molar-refractivity contribution in [3.05, 3.63) is 35.4 Å². The second-order valence-electron chi connectivity index (χ2n) is 2.69. The quantitative estimate of drug-likeness (QED) is 0.597. The van der Waals surface area contributed by atoms with E-state index in [4.69, 9.17) is 6.63 Å². The Kier molecular flexibility index (Phi) is 1.87. The Morgan fingerprint density at radius 3 is 2.27 bits per heavy atom. The summed E-state index contributed by atoms with van der Waals surface area (Å²) in [5.41, 5.74) is 1.57. The van der Waals surface area contributed by atoms with Gasteiger partial charge in [0, 0.05) is 1.37 Å². The molecule has 0 fully saturated rings. The molecule has 0 saturated heterocycles. The molecule has 0 aliphatic heterocycles. The highest BCUT2D eigenvalue weighted by Crippen LogP contribution is 2.13. The molecule has 1 aromatic rings. The zero-order chi connectivity index (χ0) is 9.19. The molecule has 0 radical (unpaired) electrons. The van der Waals surface area contributed by atoms with Gasteiger partial charge in [-0.3, -0.25) is 0 Å². The summed E-state index contributed by atoms with van der Waals surface area (Å²) in [5.74, 6) is -0.575. The molecule has 1 aromatic carbocycles. The summed E-state index contributed by atoms with van der Waals surface area (Å²) in [6, 6.07) is 9.18. The van der Waals surface area contributed by atoms with E-state index in [0.29, 0.717) is 5.56 Å². The standard InChI is InChI=1S/C10H11N/c1-8(2)10-5-3-9(7-11)4-6-10/h3-6,8H,1-2H3/i8D. The van der Waals surface area contributed by atoms with Crippen molar-refractivity contribution in [1.82, 2.24) is 0 Å². The monoisotopic (exact) mass is 146 g/mol. The van der Waals surface area contributed by atoms with Gasteiger partial charge in [0.15, 0.2) is 0 Å². The lowest BCUT2D eigenvalue weighted by Gasteiger charge is -2.02. The molecule has 1 rings (SSSR count). The molecule has 0 atom stereocenters. The summed E-state index contributed by atoms with van der Waals surface area (Å²) in [7, 11) is 0. The molecule has 0 aromatic heterocycles. The van der Waals surface area contributed by atoms with E-state index >= 15 is 0 Å². The summed E-state index contributed by atoms with van der Waals surface area (Å²) < 4.78 is 7.72. The molecule has 0 aliphatic rings. The highest BCUT2D eigenvalue weighted by atomic mass is 14.2. The number of nitrogens with zero attached hydrogens (tertiary/aromatic N) is 1. The number of hydrogen-bond acceptors (Lipinski definition) is 1. The van der Waals surface area contributed by atoms with Gasteiger partial charge in [-0.05, 0) is 23.6 Å². The van der Waals surface area contributed by atoms with E-state index in [0.717, 1.165) is 5.56 Å². The fourth-order valence-corrected chi connectivity index (χ4v) is 0.878. The van der Waals surface area contributed by atoms with Crippen molar-refractivity contribution in [3.63, 3.8) is 0 Å². The second kappa shape index (κ2) is 3.21. The Hall–Kier alpha value is -1.29. The maximum Gasteiger partial charge on any atom is 0.0991 e. The Labute approximate surface area is 68.7 Å². The van der Waals surface area contributed by atoms with Gasteiger partial charge in [0.2, 0.25) is 0 Å². The van der Waals surface area contributed by atoms with Gasteiger partial charge in [-0.1, -0.05) is 26.0 Å². The lowest BCUT2D eigenvalue weighted by molar-refractivity contribution is 0.866. The van der Waals surface area contributed by atoms with Gasteiger partial charge >= 0.3 is 0 Å². The van der Waals surface area contributed by atoms with E-state index in [9.17, 15) is 0 Å². The zero-order valence-corrected chi connectivity index (χ0v) is 6.76. The normalized spacial score (nSPS) is 11.9. The molecular weight excluding hydrogens is 134 g/mol. The van der Waals surface area contributed by atoms with Crippen LogP contribution in [-0.2, 0) is 0 Å². The highest BCUT2D eigenvalue weighted by Gasteiger charge is 1.96. The highest BCUT2D eigenvalue weighted by molar-refractivity contribution is 5.32. The van der Waals surface area contributed by atoms with Crippen LogP contribution in [0.1, 0.15) is 32.2 Å². The largest absolute Gasteiger partial charge is 0.192 e. The fraction of sp³-hybridized carbons (Fsp3) is 0.300. The van der Waals surface area contributed by atoms with Crippen LogP contribution in [0.5, 0.6) is 0 Å². The average Bonchev–Trinajstić information content (AvgIpc) is 2.03. The van der Waals surface area contributed by atoms with Crippen molar-refractivity contribution >= 4 is 0 Å². The number of nitriles is 1. The molecule has 1 heteroatoms. The lowest BCUT2D eigenvalue weighted by Crippen LogP contribution is -1.85. The van der Waals surface area contributed by atoms with E-state index in [1.54, 1.807) is 12.1 Å². The van der Waals surface area contributed by atoms with Crippen LogP contribution in [0.15, 0.2) is 24.3 Å². The van der Waals surface area contributed by atoms with Gasteiger partial charge in [-0.2, -0.15) is 5.26 Å². The topological polar surface area (TPSA) is 23.8 Å². The smallest absolute Gasteiger partial charge is 0.0991 e. The maximum atomic E-state index is 8.53. The first-order valence-electron chi connectivity index (χ1n) is 4.04. The molecular formula is C10H11N. The van der Waals surface area contributed by atoms with Crippen LogP contribution >= 0.6 is 0 Å². The molecule has 0 unspecified atom stereocenters. The number of benzene rings is 1. The molecule has 0 N–H and O–H groups in total. The summed E-state index contributed by atoms with van der Waals surface area (Å²) >= 11 is 0. The SMILES string of the molecule is [2H]C(C)(C)c1ccc(C#N)cc1. The van der Waals surface area contributed by atoms with Crippen LogP contribution in [-0.4, -0.2) is 0 Å². The van der Waals surface area contributed by atoms with E-state index in [2.05, 4.69) is 0 Å². The third-order valence-corrected chi connectivity index (χ3v) is 1.59. The van der Waals surface area contributed by atoms with Crippen molar-refractivity contribution in [2.24, 2.45) is 0 Å². The molecule has 0 amide bonds. The first-order valence-corrected chi connectivity index (χ1v) is 3.54. The van der Waals surface area contributed by atoms with E-state index in [1.165, 1.54) is 0 Å². The lowest BCUT2D eigenvalue weighted by atomic mass is 10.0. The molecule has 56 valence electrons. The van der Waals surface area contributed by atoms with Crippen molar-refractivity contribution < 1.29 is 1.37 Å². The maximum absolute atomic E-state index is 8.53. The van der Waals surface area contributed by atoms with Crippen LogP contribution < -0.4 is 0 Å². The Morgan fingerprint density at radius 2 is 1.91 bits per heavy atom. The minimum absolute atomic E-state index is 0.575. The third kappa shape index (κ3) is 1.81. The van der Waals surface area contributed by atoms with Gasteiger partial charge in [-0.15, -0.1) is 0 Å². The zero-order valence-electron chi connectivity index (χ0n) is 7.76. The first-order chi connectivity index (χ1) is 5.54. The summed E-state index contributed by atoms with van der Waals surface area (Å²) in [5, 5.41) is 8.53. The second-order valence-corrected chi connectivity index (χ2v) is 2.69. The molecule has 0 bridgehead atoms. The summed E-state index contributed by atoms with van der Waals surface area (Å²) in [4.78, 5) is 0. The fourth-order valence-electron chi connectivity index (χ4n) is 0.878.